The predicted molar refractivity (Wildman–Crippen MR) is 150 cm³/mol. The van der Waals surface area contributed by atoms with Gasteiger partial charge in [-0.2, -0.15) is 0 Å². The van der Waals surface area contributed by atoms with E-state index < -0.39 is 28.3 Å². The Balaban J connectivity index is 1.67. The maximum Gasteiger partial charge on any atom is 0.200 e. The number of aldehydes is 1. The molecule has 1 aromatic rings. The SMILES string of the molecule is CC(C)=CCc1c2c(c(O)c3c1O[C@]14C(=CC5C[C@H]1C(C)(C)O[C@@]4(C/C=C(/C)C=O)C5=O)C3=O)C=CC(C)(C)O2. The molecule has 210 valence electrons. The zero-order valence-electron chi connectivity index (χ0n) is 24.1. The second-order valence-corrected chi connectivity index (χ2v) is 13.1. The van der Waals surface area contributed by atoms with Crippen molar-refractivity contribution in [1.82, 2.24) is 0 Å². The third-order valence-electron chi connectivity index (χ3n) is 9.23. The van der Waals surface area contributed by atoms with Gasteiger partial charge in [-0.25, -0.2) is 0 Å². The lowest BCUT2D eigenvalue weighted by atomic mass is 9.51. The number of ether oxygens (including phenoxy) is 3. The van der Waals surface area contributed by atoms with Crippen LogP contribution in [-0.4, -0.2) is 45.4 Å². The average Bonchev–Trinajstić information content (AvgIpc) is 3.03. The molecule has 7 heteroatoms. The number of hydrogen-bond acceptors (Lipinski definition) is 7. The number of ketones is 2. The summed E-state index contributed by atoms with van der Waals surface area (Å²) in [5.74, 6) is -0.814. The van der Waals surface area contributed by atoms with Crippen LogP contribution >= 0.6 is 0 Å². The molecule has 4 bridgehead atoms. The zero-order chi connectivity index (χ0) is 29.0. The molecule has 6 aliphatic rings. The highest BCUT2D eigenvalue weighted by atomic mass is 16.6. The number of carbonyl (C=O) groups excluding carboxylic acids is 3. The molecule has 2 fully saturated rings. The summed E-state index contributed by atoms with van der Waals surface area (Å²) in [6, 6.07) is 0. The molecule has 1 spiro atoms. The van der Waals surface area contributed by atoms with Gasteiger partial charge >= 0.3 is 0 Å². The van der Waals surface area contributed by atoms with Crippen molar-refractivity contribution in [2.75, 3.05) is 0 Å². The maximum absolute atomic E-state index is 14.5. The molecule has 1 unspecified atom stereocenters. The average molecular weight is 545 g/mol. The molecule has 3 heterocycles. The van der Waals surface area contributed by atoms with Crippen molar-refractivity contribution in [2.24, 2.45) is 11.8 Å². The van der Waals surface area contributed by atoms with Gasteiger partial charge in [0.25, 0.3) is 0 Å². The number of aromatic hydroxyl groups is 1. The Hall–Kier alpha value is -3.45. The van der Waals surface area contributed by atoms with E-state index in [9.17, 15) is 19.5 Å². The molecule has 1 N–H and O–H groups in total. The van der Waals surface area contributed by atoms with Gasteiger partial charge in [-0.05, 0) is 79.0 Å². The van der Waals surface area contributed by atoms with Crippen molar-refractivity contribution in [2.45, 2.75) is 90.1 Å². The second kappa shape index (κ2) is 8.29. The molecule has 0 amide bonds. The number of rotatable bonds is 5. The summed E-state index contributed by atoms with van der Waals surface area (Å²) >= 11 is 0. The quantitative estimate of drug-likeness (QED) is 0.292. The first kappa shape index (κ1) is 26.8. The van der Waals surface area contributed by atoms with Gasteiger partial charge < -0.3 is 19.3 Å². The first-order valence-electron chi connectivity index (χ1n) is 13.9. The Bertz CT molecular complexity index is 1510. The molecule has 4 atom stereocenters. The fourth-order valence-corrected chi connectivity index (χ4v) is 7.41. The summed E-state index contributed by atoms with van der Waals surface area (Å²) in [4.78, 5) is 40.1. The Labute approximate surface area is 234 Å². The zero-order valence-corrected chi connectivity index (χ0v) is 24.1. The van der Waals surface area contributed by atoms with Crippen LogP contribution < -0.4 is 9.47 Å². The number of Topliss-reactive ketones (excluding diaryl/α,β-unsaturated/α-hetero) is 2. The number of allylic oxidation sites excluding steroid dienone is 4. The molecule has 3 aliphatic carbocycles. The molecule has 1 saturated heterocycles. The van der Waals surface area contributed by atoms with Gasteiger partial charge in [-0.3, -0.25) is 14.4 Å². The maximum atomic E-state index is 14.5. The van der Waals surface area contributed by atoms with E-state index in [1.807, 2.05) is 53.7 Å². The molecule has 1 saturated carbocycles. The molecule has 40 heavy (non-hydrogen) atoms. The van der Waals surface area contributed by atoms with Crippen molar-refractivity contribution < 1.29 is 33.7 Å². The van der Waals surface area contributed by atoms with Gasteiger partial charge in [-0.1, -0.05) is 23.8 Å². The van der Waals surface area contributed by atoms with Gasteiger partial charge in [0.05, 0.1) is 11.2 Å². The van der Waals surface area contributed by atoms with Crippen LogP contribution in [0.3, 0.4) is 0 Å². The van der Waals surface area contributed by atoms with E-state index in [-0.39, 0.29) is 41.0 Å². The highest BCUT2D eigenvalue weighted by molar-refractivity contribution is 6.19. The Morgan fingerprint density at radius 3 is 2.48 bits per heavy atom. The standard InChI is InChI=1S/C33H36O7/c1-17(2)8-9-21-27-20(11-12-30(4,5)38-27)25(35)24-26(36)22-14-19-15-23-31(6,7)40-32(29(19)37,13-10-18(3)16-34)33(22,23)39-28(21)24/h8,10-12,14,16,19,23,35H,9,13,15H2,1-7H3/b18-10-/t19?,23-,32-,33+/m0/s1. The van der Waals surface area contributed by atoms with Gasteiger partial charge in [-0.15, -0.1) is 0 Å². The molecular formula is C33H36O7. The predicted octanol–water partition coefficient (Wildman–Crippen LogP) is 5.63. The lowest BCUT2D eigenvalue weighted by molar-refractivity contribution is -0.171. The van der Waals surface area contributed by atoms with Gasteiger partial charge in [0.2, 0.25) is 0 Å². The van der Waals surface area contributed by atoms with E-state index in [1.54, 1.807) is 25.2 Å². The molecule has 1 aromatic carbocycles. The van der Waals surface area contributed by atoms with Crippen LogP contribution in [0.2, 0.25) is 0 Å². The fourth-order valence-electron chi connectivity index (χ4n) is 7.41. The van der Waals surface area contributed by atoms with Crippen LogP contribution in [0.15, 0.2) is 41.0 Å². The minimum Gasteiger partial charge on any atom is -0.506 e. The fraction of sp³-hybridized carbons (Fsp3) is 0.485. The van der Waals surface area contributed by atoms with E-state index in [0.717, 1.165) is 11.9 Å². The third-order valence-corrected chi connectivity index (χ3v) is 9.23. The first-order valence-corrected chi connectivity index (χ1v) is 13.9. The number of fused-ring (bicyclic) bond motifs is 2. The van der Waals surface area contributed by atoms with Crippen LogP contribution in [-0.2, 0) is 20.7 Å². The molecule has 0 aromatic heterocycles. The lowest BCUT2D eigenvalue weighted by Crippen LogP contribution is -2.72. The summed E-state index contributed by atoms with van der Waals surface area (Å²) in [5, 5.41) is 11.5. The Morgan fingerprint density at radius 2 is 1.80 bits per heavy atom. The number of benzene rings is 1. The van der Waals surface area contributed by atoms with Gasteiger partial charge in [0.15, 0.2) is 22.8 Å². The minimum atomic E-state index is -1.49. The van der Waals surface area contributed by atoms with Crippen molar-refractivity contribution in [1.29, 1.82) is 0 Å². The Kier molecular flexibility index (Phi) is 5.54. The van der Waals surface area contributed by atoms with Crippen molar-refractivity contribution in [3.05, 3.63) is 57.7 Å². The molecule has 3 aliphatic heterocycles. The highest BCUT2D eigenvalue weighted by Crippen LogP contribution is 2.68. The van der Waals surface area contributed by atoms with Crippen molar-refractivity contribution >= 4 is 23.9 Å². The highest BCUT2D eigenvalue weighted by Gasteiger charge is 2.81. The van der Waals surface area contributed by atoms with Crippen LogP contribution in [0.4, 0.5) is 0 Å². The largest absolute Gasteiger partial charge is 0.506 e. The number of hydrogen-bond donors (Lipinski definition) is 1. The van der Waals surface area contributed by atoms with E-state index >= 15 is 0 Å². The molecule has 7 rings (SSSR count). The second-order valence-electron chi connectivity index (χ2n) is 13.1. The van der Waals surface area contributed by atoms with Crippen molar-refractivity contribution in [3.63, 3.8) is 0 Å². The van der Waals surface area contributed by atoms with E-state index in [2.05, 4.69) is 0 Å². The van der Waals surface area contributed by atoms with Crippen molar-refractivity contribution in [3.8, 4) is 17.2 Å². The van der Waals surface area contributed by atoms with Crippen LogP contribution in [0.1, 0.15) is 82.8 Å². The van der Waals surface area contributed by atoms with Gasteiger partial charge in [0, 0.05) is 29.4 Å². The summed E-state index contributed by atoms with van der Waals surface area (Å²) in [6.07, 6.45) is 10.8. The Morgan fingerprint density at radius 1 is 1.07 bits per heavy atom. The van der Waals surface area contributed by atoms with E-state index in [0.29, 0.717) is 40.9 Å². The minimum absolute atomic E-state index is 0.0905. The van der Waals surface area contributed by atoms with Crippen LogP contribution in [0.25, 0.3) is 6.08 Å². The number of phenolic OH excluding ortho intramolecular Hbond substituents is 1. The first-order chi connectivity index (χ1) is 18.7. The summed E-state index contributed by atoms with van der Waals surface area (Å²) in [5.41, 5.74) is -1.26. The molecule has 0 radical (unpaired) electrons. The monoisotopic (exact) mass is 544 g/mol. The molecular weight excluding hydrogens is 508 g/mol. The van der Waals surface area contributed by atoms with Gasteiger partial charge in [0.1, 0.15) is 34.7 Å². The van der Waals surface area contributed by atoms with Crippen LogP contribution in [0, 0.1) is 11.8 Å². The number of phenols is 1. The van der Waals surface area contributed by atoms with E-state index in [4.69, 9.17) is 14.2 Å². The third kappa shape index (κ3) is 3.30. The number of carbonyl (C=O) groups is 3. The molecule has 7 nitrogen and oxygen atoms in total. The summed E-state index contributed by atoms with van der Waals surface area (Å²) < 4.78 is 20.2. The normalized spacial score (nSPS) is 31.9. The van der Waals surface area contributed by atoms with E-state index in [1.165, 1.54) is 0 Å². The lowest BCUT2D eigenvalue weighted by Gasteiger charge is -2.56. The summed E-state index contributed by atoms with van der Waals surface area (Å²) in [6.45, 7) is 13.4. The summed E-state index contributed by atoms with van der Waals surface area (Å²) in [7, 11) is 0. The smallest absolute Gasteiger partial charge is 0.200 e. The topological polar surface area (TPSA) is 99.1 Å². The van der Waals surface area contributed by atoms with Crippen LogP contribution in [0.5, 0.6) is 17.2 Å².